The summed E-state index contributed by atoms with van der Waals surface area (Å²) in [5.74, 6) is 0.793. The number of amides is 1. The van der Waals surface area contributed by atoms with E-state index < -0.39 is 0 Å². The molecule has 78 valence electrons. The SMILES string of the molecule is Cc1cc(NC(=O)c2cn[nH]c2C)no1. The van der Waals surface area contributed by atoms with Gasteiger partial charge in [-0.2, -0.15) is 5.10 Å². The smallest absolute Gasteiger partial charge is 0.260 e. The molecule has 0 unspecified atom stereocenters. The number of rotatable bonds is 2. The molecule has 0 aliphatic carbocycles. The Morgan fingerprint density at radius 2 is 2.33 bits per heavy atom. The highest BCUT2D eigenvalue weighted by atomic mass is 16.5. The topological polar surface area (TPSA) is 83.8 Å². The van der Waals surface area contributed by atoms with Crippen LogP contribution < -0.4 is 5.32 Å². The quantitative estimate of drug-likeness (QED) is 0.774. The number of carbonyl (C=O) groups excluding carboxylic acids is 1. The summed E-state index contributed by atoms with van der Waals surface area (Å²) in [6.45, 7) is 3.53. The third-order valence-electron chi connectivity index (χ3n) is 1.94. The van der Waals surface area contributed by atoms with Crippen molar-refractivity contribution in [3.8, 4) is 0 Å². The fourth-order valence-electron chi connectivity index (χ4n) is 1.19. The Balaban J connectivity index is 2.14. The van der Waals surface area contributed by atoms with Gasteiger partial charge in [0.2, 0.25) is 0 Å². The van der Waals surface area contributed by atoms with Crippen molar-refractivity contribution in [3.05, 3.63) is 29.3 Å². The predicted molar refractivity (Wildman–Crippen MR) is 52.5 cm³/mol. The molecule has 15 heavy (non-hydrogen) atoms. The van der Waals surface area contributed by atoms with E-state index in [-0.39, 0.29) is 5.91 Å². The first-order chi connectivity index (χ1) is 7.16. The van der Waals surface area contributed by atoms with Crippen molar-refractivity contribution in [2.75, 3.05) is 5.32 Å². The lowest BCUT2D eigenvalue weighted by atomic mass is 10.2. The minimum absolute atomic E-state index is 0.255. The van der Waals surface area contributed by atoms with Crippen LogP contribution in [0.2, 0.25) is 0 Å². The van der Waals surface area contributed by atoms with Gasteiger partial charge in [0.25, 0.3) is 5.91 Å². The summed E-state index contributed by atoms with van der Waals surface area (Å²) in [5, 5.41) is 12.7. The van der Waals surface area contributed by atoms with Crippen LogP contribution in [0.1, 0.15) is 21.8 Å². The Morgan fingerprint density at radius 3 is 2.87 bits per heavy atom. The van der Waals surface area contributed by atoms with Crippen LogP contribution in [0.25, 0.3) is 0 Å². The molecule has 6 heteroatoms. The van der Waals surface area contributed by atoms with Crippen LogP contribution in [0, 0.1) is 13.8 Å². The van der Waals surface area contributed by atoms with Gasteiger partial charge in [-0.25, -0.2) is 0 Å². The Bertz CT molecular complexity index is 486. The van der Waals surface area contributed by atoms with E-state index >= 15 is 0 Å². The van der Waals surface area contributed by atoms with Crippen molar-refractivity contribution in [1.29, 1.82) is 0 Å². The first kappa shape index (κ1) is 9.45. The monoisotopic (exact) mass is 206 g/mol. The zero-order valence-electron chi connectivity index (χ0n) is 8.37. The van der Waals surface area contributed by atoms with Gasteiger partial charge in [0, 0.05) is 11.8 Å². The van der Waals surface area contributed by atoms with Crippen LogP contribution >= 0.6 is 0 Å². The lowest BCUT2D eigenvalue weighted by Gasteiger charge is -1.98. The second-order valence-electron chi connectivity index (χ2n) is 3.19. The highest BCUT2D eigenvalue weighted by Crippen LogP contribution is 2.10. The Morgan fingerprint density at radius 1 is 1.53 bits per heavy atom. The molecule has 0 aliphatic rings. The number of hydrogen-bond donors (Lipinski definition) is 2. The van der Waals surface area contributed by atoms with E-state index in [2.05, 4.69) is 20.7 Å². The molecule has 2 N–H and O–H groups in total. The molecule has 6 nitrogen and oxygen atoms in total. The van der Waals surface area contributed by atoms with Gasteiger partial charge in [0.1, 0.15) is 5.76 Å². The molecule has 0 atom stereocenters. The summed E-state index contributed by atoms with van der Waals surface area (Å²) >= 11 is 0. The highest BCUT2D eigenvalue weighted by Gasteiger charge is 2.12. The lowest BCUT2D eigenvalue weighted by Crippen LogP contribution is -2.12. The van der Waals surface area contributed by atoms with E-state index in [1.54, 1.807) is 19.9 Å². The molecular weight excluding hydrogens is 196 g/mol. The van der Waals surface area contributed by atoms with E-state index in [9.17, 15) is 4.79 Å². The molecule has 0 bridgehead atoms. The fourth-order valence-corrected chi connectivity index (χ4v) is 1.19. The maximum atomic E-state index is 11.7. The summed E-state index contributed by atoms with van der Waals surface area (Å²) < 4.78 is 4.82. The van der Waals surface area contributed by atoms with Crippen LogP contribution in [-0.4, -0.2) is 21.3 Å². The molecule has 0 fully saturated rings. The third-order valence-corrected chi connectivity index (χ3v) is 1.94. The van der Waals surface area contributed by atoms with Crippen LogP contribution in [-0.2, 0) is 0 Å². The van der Waals surface area contributed by atoms with Crippen molar-refractivity contribution in [1.82, 2.24) is 15.4 Å². The van der Waals surface area contributed by atoms with Gasteiger partial charge >= 0.3 is 0 Å². The number of aryl methyl sites for hydroxylation is 2. The minimum atomic E-state index is -0.255. The van der Waals surface area contributed by atoms with Gasteiger partial charge in [-0.1, -0.05) is 5.16 Å². The standard InChI is InChI=1S/C9H10N4O2/c1-5-3-8(13-15-5)11-9(14)7-4-10-12-6(7)2/h3-4H,1-2H3,(H,10,12)(H,11,13,14). The molecule has 0 saturated heterocycles. The van der Waals surface area contributed by atoms with Gasteiger partial charge in [-0.05, 0) is 13.8 Å². The zero-order chi connectivity index (χ0) is 10.8. The number of hydrogen-bond acceptors (Lipinski definition) is 4. The molecule has 2 rings (SSSR count). The zero-order valence-corrected chi connectivity index (χ0v) is 8.37. The van der Waals surface area contributed by atoms with Crippen molar-refractivity contribution >= 4 is 11.7 Å². The van der Waals surface area contributed by atoms with Crippen molar-refractivity contribution in [3.63, 3.8) is 0 Å². The van der Waals surface area contributed by atoms with Gasteiger partial charge in [0.05, 0.1) is 11.8 Å². The number of carbonyl (C=O) groups is 1. The number of anilines is 1. The van der Waals surface area contributed by atoms with Gasteiger partial charge in [-0.3, -0.25) is 9.89 Å². The molecule has 0 radical (unpaired) electrons. The summed E-state index contributed by atoms with van der Waals surface area (Å²) in [6.07, 6.45) is 1.47. The Labute approximate surface area is 85.7 Å². The van der Waals surface area contributed by atoms with E-state index in [0.29, 0.717) is 22.8 Å². The lowest BCUT2D eigenvalue weighted by molar-refractivity contribution is 0.102. The summed E-state index contributed by atoms with van der Waals surface area (Å²) in [4.78, 5) is 11.7. The van der Waals surface area contributed by atoms with Crippen LogP contribution in [0.5, 0.6) is 0 Å². The Hall–Kier alpha value is -2.11. The molecule has 0 aromatic carbocycles. The molecule has 2 aromatic rings. The Kier molecular flexibility index (Phi) is 2.24. The fraction of sp³-hybridized carbons (Fsp3) is 0.222. The molecular formula is C9H10N4O2. The van der Waals surface area contributed by atoms with Crippen LogP contribution in [0.15, 0.2) is 16.8 Å². The molecule has 2 heterocycles. The molecule has 2 aromatic heterocycles. The normalized spacial score (nSPS) is 10.3. The minimum Gasteiger partial charge on any atom is -0.360 e. The average molecular weight is 206 g/mol. The van der Waals surface area contributed by atoms with Crippen LogP contribution in [0.3, 0.4) is 0 Å². The summed E-state index contributed by atoms with van der Waals surface area (Å²) in [6, 6.07) is 1.65. The molecule has 1 amide bonds. The van der Waals surface area contributed by atoms with Crippen molar-refractivity contribution < 1.29 is 9.32 Å². The van der Waals surface area contributed by atoms with Crippen molar-refractivity contribution in [2.24, 2.45) is 0 Å². The number of aromatic amines is 1. The maximum absolute atomic E-state index is 11.7. The average Bonchev–Trinajstić information content (AvgIpc) is 2.75. The third kappa shape index (κ3) is 1.88. The second-order valence-corrected chi connectivity index (χ2v) is 3.19. The van der Waals surface area contributed by atoms with E-state index in [1.807, 2.05) is 0 Å². The first-order valence-electron chi connectivity index (χ1n) is 4.41. The number of aromatic nitrogens is 3. The number of nitrogens with one attached hydrogen (secondary N) is 2. The molecule has 0 saturated carbocycles. The number of H-pyrrole nitrogens is 1. The molecule has 0 aliphatic heterocycles. The molecule has 0 spiro atoms. The highest BCUT2D eigenvalue weighted by molar-refractivity contribution is 6.04. The first-order valence-corrected chi connectivity index (χ1v) is 4.41. The van der Waals surface area contributed by atoms with Crippen LogP contribution in [0.4, 0.5) is 5.82 Å². The number of nitrogens with zero attached hydrogens (tertiary/aromatic N) is 2. The van der Waals surface area contributed by atoms with Gasteiger partial charge in [0.15, 0.2) is 5.82 Å². The summed E-state index contributed by atoms with van der Waals surface area (Å²) in [7, 11) is 0. The maximum Gasteiger partial charge on any atom is 0.260 e. The van der Waals surface area contributed by atoms with E-state index in [0.717, 1.165) is 0 Å². The van der Waals surface area contributed by atoms with Gasteiger partial charge in [-0.15, -0.1) is 0 Å². The predicted octanol–water partition coefficient (Wildman–Crippen LogP) is 1.27. The van der Waals surface area contributed by atoms with E-state index in [1.165, 1.54) is 6.20 Å². The largest absolute Gasteiger partial charge is 0.360 e. The summed E-state index contributed by atoms with van der Waals surface area (Å²) in [5.41, 5.74) is 1.21. The van der Waals surface area contributed by atoms with Gasteiger partial charge < -0.3 is 9.84 Å². The van der Waals surface area contributed by atoms with E-state index in [4.69, 9.17) is 4.52 Å². The second kappa shape index (κ2) is 3.56. The van der Waals surface area contributed by atoms with Crippen molar-refractivity contribution in [2.45, 2.75) is 13.8 Å².